The molecule has 1 fully saturated rings. The van der Waals surface area contributed by atoms with Crippen LogP contribution in [0.25, 0.3) is 10.8 Å². The number of nitrogens with zero attached hydrogens (tertiary/aromatic N) is 3. The predicted molar refractivity (Wildman–Crippen MR) is 231 cm³/mol. The van der Waals surface area contributed by atoms with Crippen molar-refractivity contribution in [2.75, 3.05) is 26.8 Å². The third-order valence-electron chi connectivity index (χ3n) is 9.97. The maximum absolute atomic E-state index is 14.3. The zero-order valence-corrected chi connectivity index (χ0v) is 36.7. The van der Waals surface area contributed by atoms with Gasteiger partial charge < -0.3 is 46.2 Å². The lowest BCUT2D eigenvalue weighted by atomic mass is 9.87. The molecule has 0 spiro atoms. The van der Waals surface area contributed by atoms with E-state index in [0.29, 0.717) is 5.56 Å². The van der Waals surface area contributed by atoms with E-state index in [0.717, 1.165) is 21.2 Å². The molecule has 0 bridgehead atoms. The quantitative estimate of drug-likeness (QED) is 0.0831. The van der Waals surface area contributed by atoms with Gasteiger partial charge in [0, 0.05) is 58.3 Å². The number of rotatable bonds is 20. The average Bonchev–Trinajstić information content (AvgIpc) is 3.26. The first-order valence-corrected chi connectivity index (χ1v) is 20.7. The number of benzene rings is 2. The Labute approximate surface area is 359 Å². The lowest BCUT2D eigenvalue weighted by molar-refractivity contribution is -0.141. The Morgan fingerprint density at radius 3 is 2.25 bits per heavy atom. The molecule has 61 heavy (non-hydrogen) atoms. The van der Waals surface area contributed by atoms with Crippen LogP contribution in [0.4, 0.5) is 0 Å². The first-order chi connectivity index (χ1) is 29.2. The van der Waals surface area contributed by atoms with E-state index in [1.54, 1.807) is 21.6 Å². The van der Waals surface area contributed by atoms with E-state index >= 15 is 0 Å². The standard InChI is InChI=1S/C39H50N9O10P3/c1-48(22-32(50)47-60)37(55)30(19-24-5-4-14-41-21-24)43-36(54)29(20-31(49)46-59)42-35(53)28(10-11-33(51)58-61)44-38(56)39(12-15-57-16-13-39)45-34(52)27(40)18-23-8-9-25-6-2-3-7-26(25)17-23/h2-9,14,17,21,27-30,59H,10-13,15-16,18-20,22,40,60-61H2,1H3,(H,42,53)(H,43,54)(H,44,56)(H,45,52)(H,47,50)/t27-,28-,29-,30-/m0/s1. The molecule has 19 nitrogen and oxygen atoms in total. The van der Waals surface area contributed by atoms with Crippen LogP contribution in [0.1, 0.15) is 43.2 Å². The molecule has 1 aliphatic rings. The van der Waals surface area contributed by atoms with Crippen molar-refractivity contribution in [1.82, 2.24) is 36.2 Å². The molecule has 2 aromatic carbocycles. The molecular weight excluding hydrogens is 847 g/mol. The van der Waals surface area contributed by atoms with Gasteiger partial charge in [0.15, 0.2) is 0 Å². The highest BCUT2D eigenvalue weighted by Crippen LogP contribution is 2.23. The fourth-order valence-corrected chi connectivity index (χ4v) is 6.89. The summed E-state index contributed by atoms with van der Waals surface area (Å²) >= 11 is 0. The number of aromatic nitrogens is 1. The summed E-state index contributed by atoms with van der Waals surface area (Å²) in [6, 6.07) is 11.2. The molecule has 0 saturated carbocycles. The summed E-state index contributed by atoms with van der Waals surface area (Å²) in [6.45, 7) is -0.187. The summed E-state index contributed by atoms with van der Waals surface area (Å²) in [5.41, 5.74) is 6.14. The SMILES string of the molecule is CN(CC(=O)NP)C(=O)[C@H](Cc1cccnc1)NC(=O)[C@H](CC(=O)N=P)NC(=O)[C@H](CCC(=O)OP)NC(=O)C1(NC(=O)[C@@H](N)Cc2ccc3ccccc3c2)CCOCC1. The summed E-state index contributed by atoms with van der Waals surface area (Å²) in [7, 11) is 7.94. The Morgan fingerprint density at radius 2 is 1.59 bits per heavy atom. The second kappa shape index (κ2) is 23.6. The minimum absolute atomic E-state index is 0.0148. The highest BCUT2D eigenvalue weighted by molar-refractivity contribution is 7.15. The van der Waals surface area contributed by atoms with Crippen molar-refractivity contribution >= 4 is 86.0 Å². The summed E-state index contributed by atoms with van der Waals surface area (Å²) in [4.78, 5) is 112. The van der Waals surface area contributed by atoms with E-state index in [1.165, 1.54) is 19.4 Å². The van der Waals surface area contributed by atoms with Crippen molar-refractivity contribution in [3.63, 3.8) is 0 Å². The molecule has 7 amide bonds. The van der Waals surface area contributed by atoms with Gasteiger partial charge in [-0.2, -0.15) is 0 Å². The molecule has 4 rings (SSSR count). The molecule has 22 heteroatoms. The molecule has 2 heterocycles. The van der Waals surface area contributed by atoms with Crippen LogP contribution in [-0.4, -0.2) is 114 Å². The van der Waals surface area contributed by atoms with E-state index in [9.17, 15) is 38.4 Å². The van der Waals surface area contributed by atoms with Crippen LogP contribution in [0.15, 0.2) is 71.7 Å². The predicted octanol–water partition coefficient (Wildman–Crippen LogP) is 0.188. The first-order valence-electron chi connectivity index (χ1n) is 19.2. The number of fused-ring (bicyclic) bond motifs is 1. The van der Waals surface area contributed by atoms with Crippen LogP contribution >= 0.6 is 27.9 Å². The molecule has 2 unspecified atom stereocenters. The van der Waals surface area contributed by atoms with Crippen molar-refractivity contribution in [2.45, 2.75) is 74.7 Å². The van der Waals surface area contributed by atoms with Gasteiger partial charge in [-0.3, -0.25) is 43.3 Å². The fourth-order valence-electron chi connectivity index (χ4n) is 6.59. The number of hydrogen-bond donors (Lipinski definition) is 6. The van der Waals surface area contributed by atoms with Gasteiger partial charge in [-0.1, -0.05) is 48.5 Å². The van der Waals surface area contributed by atoms with Crippen LogP contribution in [0, 0.1) is 0 Å². The average molecular weight is 898 g/mol. The Hall–Kier alpha value is -5.31. The normalized spacial score (nSPS) is 15.1. The lowest BCUT2D eigenvalue weighted by Gasteiger charge is -2.38. The summed E-state index contributed by atoms with van der Waals surface area (Å²) in [5.74, 6) is -6.17. The van der Waals surface area contributed by atoms with Crippen LogP contribution in [0.5, 0.6) is 0 Å². The Morgan fingerprint density at radius 1 is 0.902 bits per heavy atom. The zero-order valence-electron chi connectivity index (χ0n) is 33.4. The van der Waals surface area contributed by atoms with Crippen molar-refractivity contribution in [3.05, 3.63) is 78.1 Å². The molecular formula is C39H50N9O10P3. The van der Waals surface area contributed by atoms with Crippen molar-refractivity contribution < 1.29 is 47.6 Å². The van der Waals surface area contributed by atoms with Gasteiger partial charge in [0.05, 0.1) is 28.5 Å². The molecule has 0 aliphatic carbocycles. The Bertz CT molecular complexity index is 2090. The minimum Gasteiger partial charge on any atom is -0.452 e. The van der Waals surface area contributed by atoms with Gasteiger partial charge in [-0.25, -0.2) is 4.74 Å². The van der Waals surface area contributed by atoms with Gasteiger partial charge in [0.2, 0.25) is 35.4 Å². The number of hydrogen-bond acceptors (Lipinski definition) is 12. The highest BCUT2D eigenvalue weighted by atomic mass is 31.0. The number of nitrogens with one attached hydrogen (secondary N) is 5. The third kappa shape index (κ3) is 14.4. The highest BCUT2D eigenvalue weighted by Gasteiger charge is 2.44. The number of carbonyl (C=O) groups excluding carboxylic acids is 8. The van der Waals surface area contributed by atoms with Gasteiger partial charge in [0.25, 0.3) is 5.91 Å². The van der Waals surface area contributed by atoms with Gasteiger partial charge in [-0.15, -0.1) is 0 Å². The molecule has 1 saturated heterocycles. The second-order valence-corrected chi connectivity index (χ2v) is 15.1. The number of likely N-dealkylation sites (N-methyl/N-ethyl adjacent to an activating group) is 1. The second-order valence-electron chi connectivity index (χ2n) is 14.4. The van der Waals surface area contributed by atoms with Gasteiger partial charge >= 0.3 is 5.97 Å². The van der Waals surface area contributed by atoms with Crippen molar-refractivity contribution in [1.29, 1.82) is 0 Å². The van der Waals surface area contributed by atoms with Gasteiger partial charge in [0.1, 0.15) is 23.7 Å². The molecule has 3 aromatic rings. The molecule has 0 radical (unpaired) electrons. The molecule has 326 valence electrons. The Balaban J connectivity index is 1.56. The van der Waals surface area contributed by atoms with Crippen LogP contribution in [0.3, 0.4) is 0 Å². The van der Waals surface area contributed by atoms with E-state index < -0.39 is 83.4 Å². The maximum atomic E-state index is 14.3. The topological polar surface area (TPSA) is 270 Å². The van der Waals surface area contributed by atoms with E-state index in [1.807, 2.05) is 51.9 Å². The van der Waals surface area contributed by atoms with Crippen LogP contribution in [-0.2, 0) is 60.5 Å². The van der Waals surface area contributed by atoms with E-state index in [4.69, 9.17) is 10.5 Å². The molecule has 7 N–H and O–H groups in total. The summed E-state index contributed by atoms with van der Waals surface area (Å²) in [5, 5.41) is 14.8. The molecule has 1 aliphatic heterocycles. The van der Waals surface area contributed by atoms with Gasteiger partial charge in [-0.05, 0) is 59.2 Å². The number of amides is 7. The largest absolute Gasteiger partial charge is 0.452 e. The van der Waals surface area contributed by atoms with Crippen LogP contribution in [0.2, 0.25) is 0 Å². The first kappa shape index (κ1) is 48.4. The van der Waals surface area contributed by atoms with Crippen LogP contribution < -0.4 is 32.1 Å². The number of carbonyl (C=O) groups is 8. The number of pyridine rings is 1. The number of nitrogens with two attached hydrogens (primary N) is 1. The van der Waals surface area contributed by atoms with Crippen molar-refractivity contribution in [3.8, 4) is 0 Å². The van der Waals surface area contributed by atoms with E-state index in [-0.39, 0.29) is 58.3 Å². The summed E-state index contributed by atoms with van der Waals surface area (Å²) in [6.07, 6.45) is 1.71. The monoisotopic (exact) mass is 897 g/mol. The fraction of sp³-hybridized carbons (Fsp3) is 0.410. The number of ether oxygens (including phenoxy) is 1. The van der Waals surface area contributed by atoms with Crippen molar-refractivity contribution in [2.24, 2.45) is 10.5 Å². The van der Waals surface area contributed by atoms with E-state index in [2.05, 4.69) is 49.6 Å². The smallest absolute Gasteiger partial charge is 0.308 e. The molecule has 1 aromatic heterocycles. The minimum atomic E-state index is -1.66. The summed E-state index contributed by atoms with van der Waals surface area (Å²) < 4.78 is 13.6. The molecule has 6 atom stereocenters. The Kier molecular flexibility index (Phi) is 18.7. The zero-order chi connectivity index (χ0) is 44.5. The lowest BCUT2D eigenvalue weighted by Crippen LogP contribution is -2.66. The maximum Gasteiger partial charge on any atom is 0.308 e. The third-order valence-corrected chi connectivity index (χ3v) is 10.8.